The quantitative estimate of drug-likeness (QED) is 0.754. The van der Waals surface area contributed by atoms with Crippen molar-refractivity contribution in [1.82, 2.24) is 4.90 Å². The standard InChI is InChI=1S/C23H30N2O2.ClH/c1-17(14-19-10-6-7-11-22(19)27-2)25(16-18-8-4-3-5-9-18)23(26)20-12-13-21(24)15-20;/h3-11,17,20-21H,12-16,24H2,1-2H3;1H. The maximum Gasteiger partial charge on any atom is 0.226 e. The fraction of sp³-hybridized carbons (Fsp3) is 0.435. The summed E-state index contributed by atoms with van der Waals surface area (Å²) in [5.74, 6) is 1.15. The van der Waals surface area contributed by atoms with Crippen molar-refractivity contribution in [3.8, 4) is 5.75 Å². The molecule has 1 amide bonds. The maximum atomic E-state index is 13.3. The Morgan fingerprint density at radius 1 is 1.14 bits per heavy atom. The van der Waals surface area contributed by atoms with Gasteiger partial charge in [0.05, 0.1) is 7.11 Å². The molecule has 2 aromatic carbocycles. The Labute approximate surface area is 174 Å². The summed E-state index contributed by atoms with van der Waals surface area (Å²) < 4.78 is 5.50. The summed E-state index contributed by atoms with van der Waals surface area (Å²) in [5, 5.41) is 0. The first-order valence-electron chi connectivity index (χ1n) is 9.80. The maximum absolute atomic E-state index is 13.3. The zero-order chi connectivity index (χ0) is 19.2. The monoisotopic (exact) mass is 402 g/mol. The number of benzene rings is 2. The zero-order valence-corrected chi connectivity index (χ0v) is 17.5. The topological polar surface area (TPSA) is 55.6 Å². The Hall–Kier alpha value is -2.04. The summed E-state index contributed by atoms with van der Waals surface area (Å²) in [5.41, 5.74) is 8.35. The van der Waals surface area contributed by atoms with Gasteiger partial charge in [-0.15, -0.1) is 12.4 Å². The van der Waals surface area contributed by atoms with Crippen molar-refractivity contribution < 1.29 is 9.53 Å². The van der Waals surface area contributed by atoms with Crippen molar-refractivity contribution in [3.05, 3.63) is 65.7 Å². The van der Waals surface area contributed by atoms with Crippen molar-refractivity contribution >= 4 is 18.3 Å². The van der Waals surface area contributed by atoms with Gasteiger partial charge < -0.3 is 15.4 Å². The van der Waals surface area contributed by atoms with Crippen molar-refractivity contribution in [3.63, 3.8) is 0 Å². The summed E-state index contributed by atoms with van der Waals surface area (Å²) in [6.45, 7) is 2.75. The minimum atomic E-state index is 0. The number of hydrogen-bond donors (Lipinski definition) is 1. The normalized spacial score (nSPS) is 19.5. The number of nitrogens with two attached hydrogens (primary N) is 1. The molecule has 2 N–H and O–H groups in total. The van der Waals surface area contributed by atoms with Crippen LogP contribution in [0, 0.1) is 5.92 Å². The molecule has 2 aromatic rings. The highest BCUT2D eigenvalue weighted by Crippen LogP contribution is 2.29. The van der Waals surface area contributed by atoms with Crippen molar-refractivity contribution in [2.45, 2.75) is 51.2 Å². The van der Waals surface area contributed by atoms with Gasteiger partial charge in [0, 0.05) is 24.5 Å². The minimum Gasteiger partial charge on any atom is -0.496 e. The van der Waals surface area contributed by atoms with Gasteiger partial charge >= 0.3 is 0 Å². The van der Waals surface area contributed by atoms with Crippen LogP contribution in [-0.2, 0) is 17.8 Å². The number of carbonyl (C=O) groups is 1. The van der Waals surface area contributed by atoms with E-state index in [-0.39, 0.29) is 36.3 Å². The second-order valence-electron chi connectivity index (χ2n) is 7.59. The summed E-state index contributed by atoms with van der Waals surface area (Å²) >= 11 is 0. The van der Waals surface area contributed by atoms with Crippen molar-refractivity contribution in [1.29, 1.82) is 0 Å². The first-order valence-corrected chi connectivity index (χ1v) is 9.80. The van der Waals surface area contributed by atoms with Crippen LogP contribution in [0.25, 0.3) is 0 Å². The fourth-order valence-electron chi connectivity index (χ4n) is 4.01. The van der Waals surface area contributed by atoms with Gasteiger partial charge in [0.1, 0.15) is 5.75 Å². The Balaban J connectivity index is 0.00000280. The highest BCUT2D eigenvalue weighted by molar-refractivity contribution is 5.85. The third kappa shape index (κ3) is 5.49. The van der Waals surface area contributed by atoms with Gasteiger partial charge in [-0.1, -0.05) is 48.5 Å². The zero-order valence-electron chi connectivity index (χ0n) is 16.7. The minimum absolute atomic E-state index is 0. The number of amides is 1. The van der Waals surface area contributed by atoms with Crippen LogP contribution in [0.1, 0.15) is 37.3 Å². The van der Waals surface area contributed by atoms with Crippen LogP contribution in [0.5, 0.6) is 5.75 Å². The van der Waals surface area contributed by atoms with Crippen LogP contribution >= 0.6 is 12.4 Å². The van der Waals surface area contributed by atoms with Crippen LogP contribution in [0.3, 0.4) is 0 Å². The van der Waals surface area contributed by atoms with Crippen LogP contribution in [0.15, 0.2) is 54.6 Å². The highest BCUT2D eigenvalue weighted by Gasteiger charge is 2.33. The van der Waals surface area contributed by atoms with E-state index in [2.05, 4.69) is 25.1 Å². The van der Waals surface area contributed by atoms with Crippen LogP contribution in [-0.4, -0.2) is 30.0 Å². The first kappa shape index (κ1) is 22.3. The van der Waals surface area contributed by atoms with E-state index in [1.165, 1.54) is 0 Å². The SMILES string of the molecule is COc1ccccc1CC(C)N(Cc1ccccc1)C(=O)C1CCC(N)C1.Cl. The van der Waals surface area contributed by atoms with Gasteiger partial charge in [-0.2, -0.15) is 0 Å². The average molecular weight is 403 g/mol. The molecule has 152 valence electrons. The molecule has 0 saturated heterocycles. The smallest absolute Gasteiger partial charge is 0.226 e. The third-order valence-electron chi connectivity index (χ3n) is 5.54. The van der Waals surface area contributed by atoms with E-state index in [0.717, 1.165) is 42.6 Å². The molecule has 1 aliphatic rings. The molecule has 0 aliphatic heterocycles. The number of hydrogen-bond acceptors (Lipinski definition) is 3. The van der Waals surface area contributed by atoms with E-state index in [9.17, 15) is 4.79 Å². The molecular weight excluding hydrogens is 372 g/mol. The van der Waals surface area contributed by atoms with Gasteiger partial charge in [0.15, 0.2) is 0 Å². The summed E-state index contributed by atoms with van der Waals surface area (Å²) in [7, 11) is 1.69. The average Bonchev–Trinajstić information content (AvgIpc) is 3.13. The van der Waals surface area contributed by atoms with E-state index < -0.39 is 0 Å². The molecule has 0 bridgehead atoms. The van der Waals surface area contributed by atoms with Crippen LogP contribution in [0.4, 0.5) is 0 Å². The lowest BCUT2D eigenvalue weighted by Gasteiger charge is -2.32. The Morgan fingerprint density at radius 2 is 1.82 bits per heavy atom. The lowest BCUT2D eigenvalue weighted by atomic mass is 10.00. The molecular formula is C23H31ClN2O2. The molecule has 0 heterocycles. The fourth-order valence-corrected chi connectivity index (χ4v) is 4.01. The predicted molar refractivity (Wildman–Crippen MR) is 116 cm³/mol. The lowest BCUT2D eigenvalue weighted by Crippen LogP contribution is -2.42. The van der Waals surface area contributed by atoms with E-state index >= 15 is 0 Å². The molecule has 1 aliphatic carbocycles. The van der Waals surface area contributed by atoms with Gasteiger partial charge in [0.25, 0.3) is 0 Å². The molecule has 28 heavy (non-hydrogen) atoms. The number of halogens is 1. The summed E-state index contributed by atoms with van der Waals surface area (Å²) in [6.07, 6.45) is 3.40. The summed E-state index contributed by atoms with van der Waals surface area (Å²) in [6, 6.07) is 18.5. The number of rotatable bonds is 7. The Bertz CT molecular complexity index is 753. The second kappa shape index (κ2) is 10.5. The number of methoxy groups -OCH3 is 1. The Morgan fingerprint density at radius 3 is 2.46 bits per heavy atom. The molecule has 0 spiro atoms. The van der Waals surface area contributed by atoms with Crippen molar-refractivity contribution in [2.75, 3.05) is 7.11 Å². The molecule has 1 fully saturated rings. The molecule has 0 aromatic heterocycles. The highest BCUT2D eigenvalue weighted by atomic mass is 35.5. The number of carbonyl (C=O) groups excluding carboxylic acids is 1. The number of ether oxygens (including phenoxy) is 1. The summed E-state index contributed by atoms with van der Waals surface area (Å²) in [4.78, 5) is 15.4. The third-order valence-corrected chi connectivity index (χ3v) is 5.54. The number of nitrogens with zero attached hydrogens (tertiary/aromatic N) is 1. The van der Waals surface area contributed by atoms with Crippen molar-refractivity contribution in [2.24, 2.45) is 11.7 Å². The van der Waals surface area contributed by atoms with E-state index in [4.69, 9.17) is 10.5 Å². The molecule has 4 nitrogen and oxygen atoms in total. The predicted octanol–water partition coefficient (Wildman–Crippen LogP) is 4.20. The number of para-hydroxylation sites is 1. The largest absolute Gasteiger partial charge is 0.496 e. The Kier molecular flexibility index (Phi) is 8.34. The van der Waals surface area contributed by atoms with Gasteiger partial charge in [-0.3, -0.25) is 4.79 Å². The molecule has 5 heteroatoms. The van der Waals surface area contributed by atoms with Gasteiger partial charge in [0.2, 0.25) is 5.91 Å². The van der Waals surface area contributed by atoms with E-state index in [0.29, 0.717) is 6.54 Å². The van der Waals surface area contributed by atoms with E-state index in [1.807, 2.05) is 41.3 Å². The van der Waals surface area contributed by atoms with Gasteiger partial charge in [-0.05, 0) is 49.8 Å². The first-order chi connectivity index (χ1) is 13.1. The molecule has 0 radical (unpaired) electrons. The molecule has 3 unspecified atom stereocenters. The molecule has 3 atom stereocenters. The van der Waals surface area contributed by atoms with E-state index in [1.54, 1.807) is 7.11 Å². The second-order valence-corrected chi connectivity index (χ2v) is 7.59. The van der Waals surface area contributed by atoms with Crippen LogP contribution in [0.2, 0.25) is 0 Å². The lowest BCUT2D eigenvalue weighted by molar-refractivity contribution is -0.138. The molecule has 3 rings (SSSR count). The van der Waals surface area contributed by atoms with Crippen LogP contribution < -0.4 is 10.5 Å². The molecule has 1 saturated carbocycles. The van der Waals surface area contributed by atoms with Gasteiger partial charge in [-0.25, -0.2) is 0 Å².